The minimum Gasteiger partial charge on any atom is -0.507 e. The van der Waals surface area contributed by atoms with Gasteiger partial charge in [0.15, 0.2) is 0 Å². The summed E-state index contributed by atoms with van der Waals surface area (Å²) in [6, 6.07) is 4.83. The highest BCUT2D eigenvalue weighted by Crippen LogP contribution is 2.30. The van der Waals surface area contributed by atoms with E-state index < -0.39 is 0 Å². The molecule has 3 nitrogen and oxygen atoms in total. The molecule has 2 rings (SSSR count). The predicted octanol–water partition coefficient (Wildman–Crippen LogP) is 1.29. The van der Waals surface area contributed by atoms with Crippen molar-refractivity contribution in [3.05, 3.63) is 23.8 Å². The average molecular weight is 147 g/mol. The van der Waals surface area contributed by atoms with E-state index in [0.717, 1.165) is 0 Å². The molecular weight excluding hydrogens is 142 g/mol. The van der Waals surface area contributed by atoms with Crippen molar-refractivity contribution in [2.45, 2.75) is 0 Å². The van der Waals surface area contributed by atoms with Gasteiger partial charge in [-0.25, -0.2) is 0 Å². The fourth-order valence-corrected chi connectivity index (χ4v) is 1.08. The number of nitrogens with zero attached hydrogens (tertiary/aromatic N) is 1. The zero-order valence-electron chi connectivity index (χ0n) is 5.61. The van der Waals surface area contributed by atoms with Gasteiger partial charge in [-0.2, -0.15) is 0 Å². The molecule has 11 heavy (non-hydrogen) atoms. The van der Waals surface area contributed by atoms with Gasteiger partial charge in [-0.15, -0.1) is 0 Å². The van der Waals surface area contributed by atoms with E-state index in [1.165, 1.54) is 12.3 Å². The van der Waals surface area contributed by atoms with E-state index in [-0.39, 0.29) is 11.5 Å². The lowest BCUT2D eigenvalue weighted by atomic mass is 10.1. The number of Topliss-reactive ketones (excluding diaryl/α,β-unsaturated/α-hetero) is 1. The largest absolute Gasteiger partial charge is 0.507 e. The van der Waals surface area contributed by atoms with Crippen LogP contribution in [-0.2, 0) is 0 Å². The minimum atomic E-state index is -0.224. The van der Waals surface area contributed by atoms with Gasteiger partial charge in [0.25, 0.3) is 0 Å². The lowest BCUT2D eigenvalue weighted by Crippen LogP contribution is -1.93. The molecule has 3 heteroatoms. The van der Waals surface area contributed by atoms with Gasteiger partial charge in [-0.1, -0.05) is 6.07 Å². The van der Waals surface area contributed by atoms with Crippen molar-refractivity contribution < 1.29 is 9.90 Å². The number of fused-ring (bicyclic) bond motifs is 1. The van der Waals surface area contributed by atoms with E-state index in [0.29, 0.717) is 11.3 Å². The first kappa shape index (κ1) is 6.09. The highest BCUT2D eigenvalue weighted by Gasteiger charge is 2.18. The van der Waals surface area contributed by atoms with E-state index in [1.54, 1.807) is 12.1 Å². The Hall–Kier alpha value is -1.64. The fourth-order valence-electron chi connectivity index (χ4n) is 1.08. The Morgan fingerprint density at radius 3 is 2.91 bits per heavy atom. The number of phenolic OH excluding ortho intramolecular Hbond substituents is 1. The molecule has 0 aliphatic carbocycles. The molecule has 1 heterocycles. The summed E-state index contributed by atoms with van der Waals surface area (Å²) in [5.41, 5.74) is 0.863. The summed E-state index contributed by atoms with van der Waals surface area (Å²) in [5.74, 6) is -0.219. The third-order valence-corrected chi connectivity index (χ3v) is 1.59. The van der Waals surface area contributed by atoms with Gasteiger partial charge >= 0.3 is 0 Å². The number of phenols is 1. The Morgan fingerprint density at radius 1 is 1.36 bits per heavy atom. The fraction of sp³-hybridized carbons (Fsp3) is 0. The number of aromatic hydroxyl groups is 1. The van der Waals surface area contributed by atoms with Crippen LogP contribution in [0.2, 0.25) is 0 Å². The number of carbonyl (C=O) groups is 1. The second kappa shape index (κ2) is 1.92. The van der Waals surface area contributed by atoms with Crippen LogP contribution in [0.15, 0.2) is 23.2 Å². The van der Waals surface area contributed by atoms with Gasteiger partial charge in [-0.3, -0.25) is 9.79 Å². The molecule has 0 aromatic heterocycles. The summed E-state index contributed by atoms with van der Waals surface area (Å²) < 4.78 is 0. The van der Waals surface area contributed by atoms with Gasteiger partial charge in [0.1, 0.15) is 5.75 Å². The Bertz CT molecular complexity index is 355. The molecule has 0 atom stereocenters. The van der Waals surface area contributed by atoms with Crippen LogP contribution >= 0.6 is 0 Å². The Labute approximate surface area is 63.0 Å². The predicted molar refractivity (Wildman–Crippen MR) is 40.6 cm³/mol. The molecule has 0 radical (unpaired) electrons. The molecule has 1 N–H and O–H groups in total. The molecule has 1 aromatic carbocycles. The zero-order chi connectivity index (χ0) is 7.84. The minimum absolute atomic E-state index is 0.00463. The average Bonchev–Trinajstić information content (AvgIpc) is 2.34. The van der Waals surface area contributed by atoms with Crippen molar-refractivity contribution in [2.24, 2.45) is 4.99 Å². The number of hydrogen-bond donors (Lipinski definition) is 1. The van der Waals surface area contributed by atoms with Crippen LogP contribution < -0.4 is 0 Å². The summed E-state index contributed by atoms with van der Waals surface area (Å²) in [6.45, 7) is 0. The molecule has 0 amide bonds. The Balaban J connectivity index is 2.74. The lowest BCUT2D eigenvalue weighted by molar-refractivity contribution is 0.107. The standard InChI is InChI=1S/C8H5NO2/c10-6-3-1-2-5-8(6)7(11)4-9-5/h1-4,10H. The lowest BCUT2D eigenvalue weighted by Gasteiger charge is -1.96. The molecule has 54 valence electrons. The van der Waals surface area contributed by atoms with Crippen LogP contribution in [0.4, 0.5) is 5.69 Å². The van der Waals surface area contributed by atoms with Crippen molar-refractivity contribution in [1.82, 2.24) is 0 Å². The number of hydrogen-bond acceptors (Lipinski definition) is 3. The molecule has 0 saturated carbocycles. The topological polar surface area (TPSA) is 49.7 Å². The first-order chi connectivity index (χ1) is 5.29. The van der Waals surface area contributed by atoms with Crippen LogP contribution in [0.1, 0.15) is 10.4 Å². The van der Waals surface area contributed by atoms with Crippen molar-refractivity contribution in [3.8, 4) is 5.75 Å². The first-order valence-corrected chi connectivity index (χ1v) is 3.19. The summed E-state index contributed by atoms with van der Waals surface area (Å²) >= 11 is 0. The summed E-state index contributed by atoms with van der Waals surface area (Å²) in [6.07, 6.45) is 1.21. The summed E-state index contributed by atoms with van der Waals surface area (Å²) in [4.78, 5) is 14.8. The van der Waals surface area contributed by atoms with Gasteiger partial charge in [0.2, 0.25) is 5.78 Å². The molecule has 0 spiro atoms. The maximum Gasteiger partial charge on any atom is 0.209 e. The van der Waals surface area contributed by atoms with Gasteiger partial charge < -0.3 is 5.11 Å². The van der Waals surface area contributed by atoms with Gasteiger partial charge in [0, 0.05) is 0 Å². The van der Waals surface area contributed by atoms with E-state index in [1.807, 2.05) is 0 Å². The van der Waals surface area contributed by atoms with Crippen molar-refractivity contribution in [3.63, 3.8) is 0 Å². The van der Waals surface area contributed by atoms with Crippen molar-refractivity contribution in [1.29, 1.82) is 0 Å². The van der Waals surface area contributed by atoms with Crippen LogP contribution in [-0.4, -0.2) is 17.1 Å². The zero-order valence-corrected chi connectivity index (χ0v) is 5.61. The van der Waals surface area contributed by atoms with E-state index >= 15 is 0 Å². The SMILES string of the molecule is O=C1C=Nc2cccc(O)c21. The third-order valence-electron chi connectivity index (χ3n) is 1.59. The second-order valence-corrected chi connectivity index (χ2v) is 2.29. The summed E-state index contributed by atoms with van der Waals surface area (Å²) in [7, 11) is 0. The van der Waals surface area contributed by atoms with Crippen LogP contribution in [0.5, 0.6) is 5.75 Å². The molecule has 0 unspecified atom stereocenters. The third kappa shape index (κ3) is 0.741. The molecule has 1 aliphatic rings. The van der Waals surface area contributed by atoms with Crippen molar-refractivity contribution in [2.75, 3.05) is 0 Å². The summed E-state index contributed by atoms with van der Waals surface area (Å²) in [5, 5.41) is 9.20. The Kier molecular flexibility index (Phi) is 1.06. The van der Waals surface area contributed by atoms with Crippen LogP contribution in [0, 0.1) is 0 Å². The van der Waals surface area contributed by atoms with E-state index in [2.05, 4.69) is 4.99 Å². The number of rotatable bonds is 0. The first-order valence-electron chi connectivity index (χ1n) is 3.19. The monoisotopic (exact) mass is 147 g/mol. The molecular formula is C8H5NO2. The highest BCUT2D eigenvalue weighted by molar-refractivity contribution is 6.40. The Morgan fingerprint density at radius 2 is 2.18 bits per heavy atom. The maximum absolute atomic E-state index is 11.0. The number of carbonyl (C=O) groups excluding carboxylic acids is 1. The normalized spacial score (nSPS) is 13.6. The smallest absolute Gasteiger partial charge is 0.209 e. The van der Waals surface area contributed by atoms with Gasteiger partial charge in [-0.05, 0) is 12.1 Å². The number of benzene rings is 1. The highest BCUT2D eigenvalue weighted by atomic mass is 16.3. The second-order valence-electron chi connectivity index (χ2n) is 2.29. The molecule has 0 bridgehead atoms. The van der Waals surface area contributed by atoms with Crippen LogP contribution in [0.25, 0.3) is 0 Å². The number of aliphatic imine (C=N–C) groups is 1. The molecule has 0 saturated heterocycles. The molecule has 1 aromatic rings. The molecule has 0 fully saturated rings. The number of ketones is 1. The van der Waals surface area contributed by atoms with Crippen molar-refractivity contribution >= 4 is 17.7 Å². The van der Waals surface area contributed by atoms with Gasteiger partial charge in [0.05, 0.1) is 17.5 Å². The van der Waals surface area contributed by atoms with Crippen LogP contribution in [0.3, 0.4) is 0 Å². The van der Waals surface area contributed by atoms with E-state index in [4.69, 9.17) is 0 Å². The molecule has 1 aliphatic heterocycles. The van der Waals surface area contributed by atoms with E-state index in [9.17, 15) is 9.90 Å². The quantitative estimate of drug-likeness (QED) is 0.601. The maximum atomic E-state index is 11.0.